The van der Waals surface area contributed by atoms with Crippen molar-refractivity contribution >= 4 is 43.2 Å². The first kappa shape index (κ1) is 22.0. The van der Waals surface area contributed by atoms with Crippen LogP contribution in [0.4, 0.5) is 5.13 Å². The molecule has 12 heteroatoms. The number of aryl methyl sites for hydroxylation is 1. The van der Waals surface area contributed by atoms with Crippen molar-refractivity contribution in [2.24, 2.45) is 0 Å². The molecule has 0 spiro atoms. The standard InChI is InChI=1S/C17H24N4O5S3/c1-2-3-13-4-6-14(7-5-13)29(25,26)20-17-18-15(19-27-17)12-16(22)21-8-10-28(23,24)11-9-21/h4-7,23-24H,2-3,8-12H2,1H3,(H,18,19,20). The smallest absolute Gasteiger partial charge is 0.263 e. The van der Waals surface area contributed by atoms with Crippen molar-refractivity contribution < 1.29 is 22.3 Å². The molecule has 0 unspecified atom stereocenters. The topological polar surface area (TPSA) is 133 Å². The Labute approximate surface area is 175 Å². The SMILES string of the molecule is CCCc1ccc(S(=O)(=O)Nc2nc(CC(=O)N3CCS(O)(O)CC3)ns2)cc1. The van der Waals surface area contributed by atoms with Crippen LogP contribution in [-0.2, 0) is 27.7 Å². The zero-order valence-electron chi connectivity index (χ0n) is 15.9. The normalized spacial score (nSPS) is 17.7. The highest BCUT2D eigenvalue weighted by Crippen LogP contribution is 2.40. The molecule has 1 saturated heterocycles. The van der Waals surface area contributed by atoms with Gasteiger partial charge in [-0.25, -0.2) is 13.4 Å². The minimum atomic E-state index is -3.78. The number of carbonyl (C=O) groups excluding carboxylic acids is 1. The second-order valence-corrected chi connectivity index (χ2v) is 11.6. The van der Waals surface area contributed by atoms with Gasteiger partial charge in [0.15, 0.2) is 5.82 Å². The van der Waals surface area contributed by atoms with E-state index in [4.69, 9.17) is 0 Å². The summed E-state index contributed by atoms with van der Waals surface area (Å²) in [6, 6.07) is 6.69. The summed E-state index contributed by atoms with van der Waals surface area (Å²) >= 11 is 0.873. The molecule has 1 aromatic heterocycles. The van der Waals surface area contributed by atoms with E-state index in [0.717, 1.165) is 29.9 Å². The lowest BCUT2D eigenvalue weighted by atomic mass is 10.1. The molecular weight excluding hydrogens is 436 g/mol. The summed E-state index contributed by atoms with van der Waals surface area (Å²) < 4.78 is 50.7. The van der Waals surface area contributed by atoms with Gasteiger partial charge in [-0.1, -0.05) is 25.5 Å². The van der Waals surface area contributed by atoms with Gasteiger partial charge in [-0.05, 0) is 24.1 Å². The highest BCUT2D eigenvalue weighted by atomic mass is 32.3. The Kier molecular flexibility index (Phi) is 6.79. The number of carbonyl (C=O) groups is 1. The van der Waals surface area contributed by atoms with E-state index in [0.29, 0.717) is 0 Å². The number of sulfonamides is 1. The van der Waals surface area contributed by atoms with Crippen molar-refractivity contribution in [3.05, 3.63) is 35.7 Å². The van der Waals surface area contributed by atoms with Crippen LogP contribution in [0.2, 0.25) is 0 Å². The van der Waals surface area contributed by atoms with E-state index in [-0.39, 0.29) is 52.8 Å². The molecule has 3 N–H and O–H groups in total. The number of nitrogens with one attached hydrogen (secondary N) is 1. The molecule has 1 amide bonds. The number of anilines is 1. The van der Waals surface area contributed by atoms with Crippen molar-refractivity contribution in [1.29, 1.82) is 0 Å². The van der Waals surface area contributed by atoms with E-state index in [9.17, 15) is 22.3 Å². The Bertz CT molecular complexity index is 950. The predicted octanol–water partition coefficient (Wildman–Crippen LogP) is 2.43. The second kappa shape index (κ2) is 8.96. The first-order valence-electron chi connectivity index (χ1n) is 9.14. The number of benzene rings is 1. The fourth-order valence-electron chi connectivity index (χ4n) is 2.89. The zero-order valence-corrected chi connectivity index (χ0v) is 18.4. The maximum absolute atomic E-state index is 12.5. The van der Waals surface area contributed by atoms with Gasteiger partial charge in [0.05, 0.1) is 22.8 Å². The van der Waals surface area contributed by atoms with E-state index >= 15 is 0 Å². The molecule has 2 aromatic rings. The third-order valence-corrected chi connectivity index (χ3v) is 8.33. The predicted molar refractivity (Wildman–Crippen MR) is 114 cm³/mol. The molecule has 3 rings (SSSR count). The number of aromatic nitrogens is 2. The monoisotopic (exact) mass is 460 g/mol. The molecule has 1 aliphatic rings. The van der Waals surface area contributed by atoms with Crippen LogP contribution in [0.1, 0.15) is 24.7 Å². The first-order chi connectivity index (χ1) is 13.7. The molecule has 2 heterocycles. The number of hydrogen-bond donors (Lipinski definition) is 3. The van der Waals surface area contributed by atoms with Crippen molar-refractivity contribution in [3.8, 4) is 0 Å². The van der Waals surface area contributed by atoms with Crippen molar-refractivity contribution in [2.75, 3.05) is 29.3 Å². The Morgan fingerprint density at radius 2 is 1.90 bits per heavy atom. The average Bonchev–Trinajstić information content (AvgIpc) is 3.08. The number of rotatable bonds is 7. The van der Waals surface area contributed by atoms with E-state index in [1.165, 1.54) is 0 Å². The summed E-state index contributed by atoms with van der Waals surface area (Å²) in [7, 11) is -6.35. The fourth-order valence-corrected chi connectivity index (χ4v) is 5.93. The molecular formula is C17H24N4O5S3. The van der Waals surface area contributed by atoms with Gasteiger partial charge in [-0.3, -0.25) is 18.6 Å². The van der Waals surface area contributed by atoms with E-state index in [1.54, 1.807) is 29.2 Å². The lowest BCUT2D eigenvalue weighted by Crippen LogP contribution is -2.42. The summed E-state index contributed by atoms with van der Waals surface area (Å²) in [5.74, 6) is 0.350. The van der Waals surface area contributed by atoms with Gasteiger partial charge in [0.25, 0.3) is 10.0 Å². The van der Waals surface area contributed by atoms with Gasteiger partial charge in [-0.15, -0.1) is 0 Å². The Hall–Kier alpha value is -1.73. The van der Waals surface area contributed by atoms with Gasteiger partial charge in [0.1, 0.15) is 0 Å². The number of hydrogen-bond acceptors (Lipinski definition) is 8. The molecule has 0 atom stereocenters. The molecule has 9 nitrogen and oxygen atoms in total. The molecule has 1 aromatic carbocycles. The number of nitrogens with zero attached hydrogens (tertiary/aromatic N) is 3. The quantitative estimate of drug-likeness (QED) is 0.578. The molecule has 0 aliphatic carbocycles. The third-order valence-electron chi connectivity index (χ3n) is 4.50. The minimum absolute atomic E-state index is 0.0663. The lowest BCUT2D eigenvalue weighted by Gasteiger charge is -2.40. The fraction of sp³-hybridized carbons (Fsp3) is 0.471. The molecule has 1 aliphatic heterocycles. The molecule has 29 heavy (non-hydrogen) atoms. The van der Waals surface area contributed by atoms with E-state index in [1.807, 2.05) is 0 Å². The molecule has 1 fully saturated rings. The summed E-state index contributed by atoms with van der Waals surface area (Å²) in [4.78, 5) is 18.1. The minimum Gasteiger partial charge on any atom is -0.339 e. The van der Waals surface area contributed by atoms with Gasteiger partial charge in [0.2, 0.25) is 11.0 Å². The van der Waals surface area contributed by atoms with Crippen LogP contribution in [0.15, 0.2) is 29.2 Å². The Morgan fingerprint density at radius 1 is 1.24 bits per heavy atom. The van der Waals surface area contributed by atoms with Crippen LogP contribution in [0, 0.1) is 0 Å². The van der Waals surface area contributed by atoms with Crippen LogP contribution < -0.4 is 4.72 Å². The summed E-state index contributed by atoms with van der Waals surface area (Å²) in [6.45, 7) is 2.61. The zero-order chi connectivity index (χ0) is 21.1. The van der Waals surface area contributed by atoms with Crippen LogP contribution in [0.3, 0.4) is 0 Å². The van der Waals surface area contributed by atoms with Gasteiger partial charge < -0.3 is 4.90 Å². The van der Waals surface area contributed by atoms with Gasteiger partial charge in [0, 0.05) is 24.6 Å². The van der Waals surface area contributed by atoms with Crippen molar-refractivity contribution in [1.82, 2.24) is 14.3 Å². The van der Waals surface area contributed by atoms with Crippen LogP contribution >= 0.6 is 22.1 Å². The molecule has 0 saturated carbocycles. The Balaban J connectivity index is 1.60. The average molecular weight is 461 g/mol. The van der Waals surface area contributed by atoms with Crippen molar-refractivity contribution in [2.45, 2.75) is 31.1 Å². The van der Waals surface area contributed by atoms with E-state index < -0.39 is 20.6 Å². The first-order valence-corrected chi connectivity index (χ1v) is 13.3. The highest BCUT2D eigenvalue weighted by Gasteiger charge is 2.26. The molecule has 0 bridgehead atoms. The highest BCUT2D eigenvalue weighted by molar-refractivity contribution is 8.24. The van der Waals surface area contributed by atoms with Gasteiger partial charge >= 0.3 is 0 Å². The van der Waals surface area contributed by atoms with E-state index in [2.05, 4.69) is 21.0 Å². The maximum Gasteiger partial charge on any atom is 0.263 e. The molecule has 160 valence electrons. The molecule has 0 radical (unpaired) electrons. The van der Waals surface area contributed by atoms with Crippen LogP contribution in [-0.4, -0.2) is 62.3 Å². The summed E-state index contributed by atoms with van der Waals surface area (Å²) in [5.41, 5.74) is 1.07. The third kappa shape index (κ3) is 5.89. The second-order valence-electron chi connectivity index (χ2n) is 6.78. The van der Waals surface area contributed by atoms with Crippen LogP contribution in [0.25, 0.3) is 0 Å². The summed E-state index contributed by atoms with van der Waals surface area (Å²) in [6.07, 6.45) is 1.80. The number of amides is 1. The van der Waals surface area contributed by atoms with Crippen molar-refractivity contribution in [3.63, 3.8) is 0 Å². The summed E-state index contributed by atoms with van der Waals surface area (Å²) in [5, 5.41) is 0.0956. The van der Waals surface area contributed by atoms with Gasteiger partial charge in [-0.2, -0.15) is 15.0 Å². The largest absolute Gasteiger partial charge is 0.339 e. The lowest BCUT2D eigenvalue weighted by molar-refractivity contribution is -0.130. The maximum atomic E-state index is 12.5. The Morgan fingerprint density at radius 3 is 2.52 bits per heavy atom. The van der Waals surface area contributed by atoms with Crippen LogP contribution in [0.5, 0.6) is 0 Å².